The number of aromatic nitrogens is 2. The van der Waals surface area contributed by atoms with Crippen molar-refractivity contribution in [2.45, 2.75) is 38.6 Å². The largest absolute Gasteiger partial charge is 0.367 e. The van der Waals surface area contributed by atoms with Crippen LogP contribution in [0, 0.1) is 12.7 Å². The van der Waals surface area contributed by atoms with Crippen molar-refractivity contribution in [2.75, 3.05) is 18.4 Å². The minimum absolute atomic E-state index is 0.169. The summed E-state index contributed by atoms with van der Waals surface area (Å²) in [4.78, 5) is 22.4. The molecule has 1 amide bonds. The topological polar surface area (TPSA) is 58.1 Å². The third kappa shape index (κ3) is 4.75. The van der Waals surface area contributed by atoms with E-state index in [1.54, 1.807) is 19.2 Å². The van der Waals surface area contributed by atoms with Gasteiger partial charge in [0.2, 0.25) is 5.91 Å². The number of aryl methyl sites for hydroxylation is 2. The van der Waals surface area contributed by atoms with E-state index in [0.29, 0.717) is 24.4 Å². The molecular weight excluding hydrogens is 319 g/mol. The maximum atomic E-state index is 13.3. The molecule has 3 rings (SSSR count). The van der Waals surface area contributed by atoms with Crippen LogP contribution in [0.4, 0.5) is 10.2 Å². The van der Waals surface area contributed by atoms with Crippen LogP contribution in [-0.2, 0) is 11.2 Å². The van der Waals surface area contributed by atoms with Gasteiger partial charge in [-0.2, -0.15) is 0 Å². The van der Waals surface area contributed by atoms with Gasteiger partial charge in [0.15, 0.2) is 0 Å². The van der Waals surface area contributed by atoms with Gasteiger partial charge in [0.1, 0.15) is 18.0 Å². The first-order chi connectivity index (χ1) is 12.1. The summed E-state index contributed by atoms with van der Waals surface area (Å²) in [7, 11) is 0. The molecule has 0 aliphatic carbocycles. The molecule has 2 aromatic rings. The lowest BCUT2D eigenvalue weighted by atomic mass is 10.0. The van der Waals surface area contributed by atoms with Crippen LogP contribution < -0.4 is 5.32 Å². The molecule has 0 unspecified atom stereocenters. The number of piperidine rings is 1. The molecule has 5 nitrogen and oxygen atoms in total. The van der Waals surface area contributed by atoms with Crippen LogP contribution in [0.5, 0.6) is 0 Å². The summed E-state index contributed by atoms with van der Waals surface area (Å²) in [6.45, 7) is 3.25. The van der Waals surface area contributed by atoms with Gasteiger partial charge in [-0.3, -0.25) is 4.79 Å². The highest BCUT2D eigenvalue weighted by Gasteiger charge is 2.22. The van der Waals surface area contributed by atoms with E-state index in [1.807, 2.05) is 17.0 Å². The first-order valence-corrected chi connectivity index (χ1v) is 8.67. The molecule has 132 valence electrons. The van der Waals surface area contributed by atoms with Crippen LogP contribution in [-0.4, -0.2) is 39.9 Å². The van der Waals surface area contributed by atoms with Gasteiger partial charge in [0.05, 0.1) is 0 Å². The van der Waals surface area contributed by atoms with Crippen molar-refractivity contribution in [3.8, 4) is 0 Å². The molecule has 0 bridgehead atoms. The smallest absolute Gasteiger partial charge is 0.222 e. The van der Waals surface area contributed by atoms with E-state index in [4.69, 9.17) is 0 Å². The molecule has 1 aromatic carbocycles. The molecular formula is C19H23FN4O. The van der Waals surface area contributed by atoms with Crippen molar-refractivity contribution in [3.63, 3.8) is 0 Å². The Morgan fingerprint density at radius 3 is 2.80 bits per heavy atom. The fourth-order valence-electron chi connectivity index (χ4n) is 3.13. The van der Waals surface area contributed by atoms with E-state index in [2.05, 4.69) is 15.3 Å². The number of nitrogens with one attached hydrogen (secondary N) is 1. The first kappa shape index (κ1) is 17.3. The van der Waals surface area contributed by atoms with E-state index >= 15 is 0 Å². The fraction of sp³-hybridized carbons (Fsp3) is 0.421. The van der Waals surface area contributed by atoms with Crippen LogP contribution in [0.1, 0.15) is 30.4 Å². The molecule has 2 heterocycles. The number of carbonyl (C=O) groups excluding carboxylic acids is 1. The van der Waals surface area contributed by atoms with Gasteiger partial charge in [-0.15, -0.1) is 0 Å². The lowest BCUT2D eigenvalue weighted by Gasteiger charge is -2.32. The van der Waals surface area contributed by atoms with Gasteiger partial charge < -0.3 is 10.2 Å². The Hall–Kier alpha value is -2.50. The predicted octanol–water partition coefficient (Wildman–Crippen LogP) is 2.96. The van der Waals surface area contributed by atoms with Gasteiger partial charge in [-0.25, -0.2) is 14.4 Å². The van der Waals surface area contributed by atoms with Crippen molar-refractivity contribution in [3.05, 3.63) is 53.7 Å². The van der Waals surface area contributed by atoms with Gasteiger partial charge in [-0.05, 0) is 49.4 Å². The molecule has 1 saturated heterocycles. The zero-order valence-electron chi connectivity index (χ0n) is 14.4. The van der Waals surface area contributed by atoms with E-state index in [0.717, 1.165) is 37.3 Å². The quantitative estimate of drug-likeness (QED) is 0.908. The lowest BCUT2D eigenvalue weighted by Crippen LogP contribution is -2.42. The summed E-state index contributed by atoms with van der Waals surface area (Å²) >= 11 is 0. The summed E-state index contributed by atoms with van der Waals surface area (Å²) in [6, 6.07) is 7.23. The van der Waals surface area contributed by atoms with E-state index < -0.39 is 0 Å². The van der Waals surface area contributed by atoms with Gasteiger partial charge >= 0.3 is 0 Å². The molecule has 1 fully saturated rings. The van der Waals surface area contributed by atoms with Crippen LogP contribution in [0.25, 0.3) is 0 Å². The zero-order chi connectivity index (χ0) is 17.6. The minimum atomic E-state index is -0.201. The second-order valence-electron chi connectivity index (χ2n) is 6.48. The van der Waals surface area contributed by atoms with Crippen LogP contribution in [0.3, 0.4) is 0 Å². The zero-order valence-corrected chi connectivity index (χ0v) is 14.4. The molecule has 25 heavy (non-hydrogen) atoms. The highest BCUT2D eigenvalue weighted by molar-refractivity contribution is 5.76. The standard InChI is InChI=1S/C19H23FN4O/c1-14-12-15(2-4-17(14)20)3-5-19(25)24-10-7-16(8-11-24)23-18-6-9-21-13-22-18/h2,4,6,9,12-13,16H,3,5,7-8,10-11H2,1H3,(H,21,22,23). The summed E-state index contributed by atoms with van der Waals surface area (Å²) in [5, 5.41) is 3.39. The summed E-state index contributed by atoms with van der Waals surface area (Å²) in [5.74, 6) is 0.794. The molecule has 1 N–H and O–H groups in total. The number of halogens is 1. The number of hydrogen-bond donors (Lipinski definition) is 1. The Balaban J connectivity index is 1.44. The number of benzene rings is 1. The number of anilines is 1. The highest BCUT2D eigenvalue weighted by Crippen LogP contribution is 2.17. The molecule has 0 atom stereocenters. The van der Waals surface area contributed by atoms with Crippen molar-refractivity contribution < 1.29 is 9.18 Å². The van der Waals surface area contributed by atoms with Gasteiger partial charge in [0.25, 0.3) is 0 Å². The van der Waals surface area contributed by atoms with Crippen molar-refractivity contribution in [1.29, 1.82) is 0 Å². The monoisotopic (exact) mass is 342 g/mol. The molecule has 0 radical (unpaired) electrons. The molecule has 0 saturated carbocycles. The highest BCUT2D eigenvalue weighted by atomic mass is 19.1. The Bertz CT molecular complexity index is 715. The number of hydrogen-bond acceptors (Lipinski definition) is 4. The van der Waals surface area contributed by atoms with E-state index in [1.165, 1.54) is 12.4 Å². The average molecular weight is 342 g/mol. The second kappa shape index (κ2) is 8.05. The SMILES string of the molecule is Cc1cc(CCC(=O)N2CCC(Nc3ccncn3)CC2)ccc1F. The van der Waals surface area contributed by atoms with Crippen LogP contribution >= 0.6 is 0 Å². The summed E-state index contributed by atoms with van der Waals surface area (Å²) in [5.41, 5.74) is 1.63. The lowest BCUT2D eigenvalue weighted by molar-refractivity contribution is -0.132. The van der Waals surface area contributed by atoms with Crippen molar-refractivity contribution in [1.82, 2.24) is 14.9 Å². The Labute approximate surface area is 147 Å². The first-order valence-electron chi connectivity index (χ1n) is 8.67. The van der Waals surface area contributed by atoms with Crippen LogP contribution in [0.2, 0.25) is 0 Å². The minimum Gasteiger partial charge on any atom is -0.367 e. The van der Waals surface area contributed by atoms with Gasteiger partial charge in [-0.1, -0.05) is 12.1 Å². The number of amides is 1. The summed E-state index contributed by atoms with van der Waals surface area (Å²) in [6.07, 6.45) is 6.17. The molecule has 0 spiro atoms. The third-order valence-electron chi connectivity index (χ3n) is 4.63. The Morgan fingerprint density at radius 1 is 1.32 bits per heavy atom. The van der Waals surface area contributed by atoms with Crippen molar-refractivity contribution >= 4 is 11.7 Å². The number of carbonyl (C=O) groups is 1. The predicted molar refractivity (Wildman–Crippen MR) is 94.7 cm³/mol. The number of likely N-dealkylation sites (tertiary alicyclic amines) is 1. The van der Waals surface area contributed by atoms with Crippen molar-refractivity contribution in [2.24, 2.45) is 0 Å². The summed E-state index contributed by atoms with van der Waals surface area (Å²) < 4.78 is 13.3. The molecule has 1 aromatic heterocycles. The normalized spacial score (nSPS) is 15.2. The maximum absolute atomic E-state index is 13.3. The molecule has 1 aliphatic heterocycles. The Morgan fingerprint density at radius 2 is 2.12 bits per heavy atom. The maximum Gasteiger partial charge on any atom is 0.222 e. The third-order valence-corrected chi connectivity index (χ3v) is 4.63. The number of nitrogens with zero attached hydrogens (tertiary/aromatic N) is 3. The Kier molecular flexibility index (Phi) is 5.58. The molecule has 1 aliphatic rings. The number of rotatable bonds is 5. The van der Waals surface area contributed by atoms with Crippen LogP contribution in [0.15, 0.2) is 36.8 Å². The molecule has 6 heteroatoms. The average Bonchev–Trinajstić information content (AvgIpc) is 2.64. The van der Waals surface area contributed by atoms with E-state index in [-0.39, 0.29) is 11.7 Å². The second-order valence-corrected chi connectivity index (χ2v) is 6.48. The van der Waals surface area contributed by atoms with Gasteiger partial charge in [0, 0.05) is 31.7 Å². The van der Waals surface area contributed by atoms with E-state index in [9.17, 15) is 9.18 Å². The fourth-order valence-corrected chi connectivity index (χ4v) is 3.13.